The zero-order valence-electron chi connectivity index (χ0n) is 11.2. The first-order valence-corrected chi connectivity index (χ1v) is 6.05. The predicted molar refractivity (Wildman–Crippen MR) is 73.9 cm³/mol. The Kier molecular flexibility index (Phi) is 3.30. The summed E-state index contributed by atoms with van der Waals surface area (Å²) in [5.41, 5.74) is 2.88. The van der Waals surface area contributed by atoms with Crippen LogP contribution in [0.4, 0.5) is 0 Å². The molecule has 0 aliphatic rings. The molecule has 98 valence electrons. The molecule has 0 saturated heterocycles. The summed E-state index contributed by atoms with van der Waals surface area (Å²) < 4.78 is 0. The van der Waals surface area contributed by atoms with Gasteiger partial charge in [0.1, 0.15) is 11.5 Å². The van der Waals surface area contributed by atoms with Gasteiger partial charge in [-0.15, -0.1) is 0 Å². The van der Waals surface area contributed by atoms with Crippen molar-refractivity contribution < 1.29 is 15.0 Å². The first kappa shape index (κ1) is 13.1. The molecule has 0 aliphatic heterocycles. The summed E-state index contributed by atoms with van der Waals surface area (Å²) in [4.78, 5) is 12.5. The van der Waals surface area contributed by atoms with E-state index in [1.807, 2.05) is 0 Å². The number of benzene rings is 2. The van der Waals surface area contributed by atoms with Crippen molar-refractivity contribution in [1.82, 2.24) is 0 Å². The number of para-hydroxylation sites is 1. The van der Waals surface area contributed by atoms with Gasteiger partial charge in [-0.1, -0.05) is 12.1 Å². The molecular weight excluding hydrogens is 240 g/mol. The van der Waals surface area contributed by atoms with Gasteiger partial charge in [0.2, 0.25) is 0 Å². The van der Waals surface area contributed by atoms with Gasteiger partial charge in [-0.3, -0.25) is 4.79 Å². The van der Waals surface area contributed by atoms with E-state index in [1.54, 1.807) is 51.1 Å². The van der Waals surface area contributed by atoms with Crippen LogP contribution in [0.2, 0.25) is 0 Å². The maximum Gasteiger partial charge on any atom is 0.197 e. The molecule has 0 saturated carbocycles. The number of rotatable bonds is 2. The highest BCUT2D eigenvalue weighted by atomic mass is 16.3. The third-order valence-electron chi connectivity index (χ3n) is 3.23. The molecular formula is C16H16O3. The summed E-state index contributed by atoms with van der Waals surface area (Å²) in [5, 5.41) is 19.5. The zero-order chi connectivity index (χ0) is 14.2. The maximum atomic E-state index is 12.5. The number of carbonyl (C=O) groups is 1. The summed E-state index contributed by atoms with van der Waals surface area (Å²) in [6.07, 6.45) is 0. The highest BCUT2D eigenvalue weighted by Crippen LogP contribution is 2.28. The van der Waals surface area contributed by atoms with Crippen LogP contribution >= 0.6 is 0 Å². The van der Waals surface area contributed by atoms with E-state index in [0.717, 1.165) is 0 Å². The van der Waals surface area contributed by atoms with Crippen molar-refractivity contribution in [2.45, 2.75) is 20.8 Å². The van der Waals surface area contributed by atoms with Crippen molar-refractivity contribution in [3.05, 3.63) is 58.1 Å². The van der Waals surface area contributed by atoms with Gasteiger partial charge in [0, 0.05) is 5.56 Å². The number of carbonyl (C=O) groups excluding carboxylic acids is 1. The minimum atomic E-state index is -0.226. The molecule has 0 heterocycles. The van der Waals surface area contributed by atoms with E-state index >= 15 is 0 Å². The predicted octanol–water partition coefficient (Wildman–Crippen LogP) is 3.25. The van der Waals surface area contributed by atoms with Crippen LogP contribution in [0, 0.1) is 20.8 Å². The maximum absolute atomic E-state index is 12.5. The largest absolute Gasteiger partial charge is 0.508 e. The number of hydrogen-bond acceptors (Lipinski definition) is 3. The first-order chi connectivity index (χ1) is 8.91. The van der Waals surface area contributed by atoms with E-state index in [9.17, 15) is 15.0 Å². The number of hydrogen-bond donors (Lipinski definition) is 2. The number of phenolic OH excluding ortho intramolecular Hbond substituents is 2. The highest BCUT2D eigenvalue weighted by molar-refractivity contribution is 6.12. The Morgan fingerprint density at radius 2 is 1.53 bits per heavy atom. The second-order valence-corrected chi connectivity index (χ2v) is 4.75. The average Bonchev–Trinajstić information content (AvgIpc) is 2.31. The molecule has 19 heavy (non-hydrogen) atoms. The fourth-order valence-corrected chi connectivity index (χ4v) is 2.28. The summed E-state index contributed by atoms with van der Waals surface area (Å²) >= 11 is 0. The molecule has 0 unspecified atom stereocenters. The normalized spacial score (nSPS) is 10.5. The van der Waals surface area contributed by atoms with Gasteiger partial charge in [-0.25, -0.2) is 0 Å². The summed E-state index contributed by atoms with van der Waals surface area (Å²) in [6, 6.07) is 8.20. The Morgan fingerprint density at radius 1 is 0.947 bits per heavy atom. The SMILES string of the molecule is Cc1cccc(C(=O)c2c(C)cc(O)cc2C)c1O. The van der Waals surface area contributed by atoms with Gasteiger partial charge in [-0.2, -0.15) is 0 Å². The molecule has 0 amide bonds. The Bertz CT molecular complexity index is 634. The molecule has 0 radical (unpaired) electrons. The fourth-order valence-electron chi connectivity index (χ4n) is 2.28. The van der Waals surface area contributed by atoms with Crippen molar-refractivity contribution in [3.63, 3.8) is 0 Å². The molecule has 0 spiro atoms. The van der Waals surface area contributed by atoms with E-state index in [1.165, 1.54) is 0 Å². The molecule has 2 N–H and O–H groups in total. The number of aryl methyl sites for hydroxylation is 3. The summed E-state index contributed by atoms with van der Waals surface area (Å²) in [6.45, 7) is 5.29. The molecule has 0 bridgehead atoms. The van der Waals surface area contributed by atoms with Gasteiger partial charge < -0.3 is 10.2 Å². The van der Waals surface area contributed by atoms with Crippen molar-refractivity contribution in [3.8, 4) is 11.5 Å². The monoisotopic (exact) mass is 256 g/mol. The van der Waals surface area contributed by atoms with Crippen LogP contribution in [0.1, 0.15) is 32.6 Å². The Morgan fingerprint density at radius 3 is 2.11 bits per heavy atom. The molecule has 0 atom stereocenters. The molecule has 2 rings (SSSR count). The van der Waals surface area contributed by atoms with E-state index in [-0.39, 0.29) is 22.8 Å². The zero-order valence-corrected chi connectivity index (χ0v) is 11.2. The lowest BCUT2D eigenvalue weighted by Gasteiger charge is -2.11. The standard InChI is InChI=1S/C16H16O3/c1-9-5-4-6-13(15(9)18)16(19)14-10(2)7-12(17)8-11(14)3/h4-8,17-18H,1-3H3. The highest BCUT2D eigenvalue weighted by Gasteiger charge is 2.19. The topological polar surface area (TPSA) is 57.5 Å². The van der Waals surface area contributed by atoms with Crippen LogP contribution < -0.4 is 0 Å². The lowest BCUT2D eigenvalue weighted by Crippen LogP contribution is -2.07. The van der Waals surface area contributed by atoms with Crippen LogP contribution in [-0.4, -0.2) is 16.0 Å². The molecule has 2 aromatic carbocycles. The van der Waals surface area contributed by atoms with Crippen LogP contribution in [0.5, 0.6) is 11.5 Å². The van der Waals surface area contributed by atoms with Crippen LogP contribution in [0.25, 0.3) is 0 Å². The van der Waals surface area contributed by atoms with Gasteiger partial charge >= 0.3 is 0 Å². The van der Waals surface area contributed by atoms with Crippen molar-refractivity contribution >= 4 is 5.78 Å². The van der Waals surface area contributed by atoms with Crippen molar-refractivity contribution in [2.75, 3.05) is 0 Å². The molecule has 0 aliphatic carbocycles. The Balaban J connectivity index is 2.60. The number of aromatic hydroxyl groups is 2. The van der Waals surface area contributed by atoms with Gasteiger partial charge in [-0.05, 0) is 55.7 Å². The first-order valence-electron chi connectivity index (χ1n) is 6.05. The van der Waals surface area contributed by atoms with Crippen LogP contribution in [-0.2, 0) is 0 Å². The number of ketones is 1. The van der Waals surface area contributed by atoms with Crippen LogP contribution in [0.15, 0.2) is 30.3 Å². The minimum absolute atomic E-state index is 0.0133. The molecule has 0 fully saturated rings. The summed E-state index contributed by atoms with van der Waals surface area (Å²) in [7, 11) is 0. The molecule has 2 aromatic rings. The van der Waals surface area contributed by atoms with E-state index in [2.05, 4.69) is 0 Å². The second kappa shape index (κ2) is 4.76. The second-order valence-electron chi connectivity index (χ2n) is 4.75. The lowest BCUT2D eigenvalue weighted by atomic mass is 9.93. The van der Waals surface area contributed by atoms with Crippen LogP contribution in [0.3, 0.4) is 0 Å². The third kappa shape index (κ3) is 2.32. The van der Waals surface area contributed by atoms with Gasteiger partial charge in [0.05, 0.1) is 5.56 Å². The molecule has 3 nitrogen and oxygen atoms in total. The Labute approximate surface area is 112 Å². The van der Waals surface area contributed by atoms with E-state index in [4.69, 9.17) is 0 Å². The van der Waals surface area contributed by atoms with Gasteiger partial charge in [0.25, 0.3) is 0 Å². The lowest BCUT2D eigenvalue weighted by molar-refractivity contribution is 0.103. The van der Waals surface area contributed by atoms with Crippen molar-refractivity contribution in [1.29, 1.82) is 0 Å². The number of phenols is 2. The smallest absolute Gasteiger partial charge is 0.197 e. The van der Waals surface area contributed by atoms with E-state index in [0.29, 0.717) is 22.3 Å². The van der Waals surface area contributed by atoms with Crippen molar-refractivity contribution in [2.24, 2.45) is 0 Å². The minimum Gasteiger partial charge on any atom is -0.508 e. The Hall–Kier alpha value is -2.29. The third-order valence-corrected chi connectivity index (χ3v) is 3.23. The molecule has 3 heteroatoms. The van der Waals surface area contributed by atoms with Gasteiger partial charge in [0.15, 0.2) is 5.78 Å². The molecule has 0 aromatic heterocycles. The quantitative estimate of drug-likeness (QED) is 0.811. The fraction of sp³-hybridized carbons (Fsp3) is 0.188. The average molecular weight is 256 g/mol. The summed E-state index contributed by atoms with van der Waals surface area (Å²) in [5.74, 6) is -0.0735. The van der Waals surface area contributed by atoms with E-state index < -0.39 is 0 Å².